The summed E-state index contributed by atoms with van der Waals surface area (Å²) in [6.45, 7) is 6.95. The van der Waals surface area contributed by atoms with Gasteiger partial charge in [0.1, 0.15) is 5.76 Å². The number of nitrogens with two attached hydrogens (primary N) is 1. The molecule has 2 N–H and O–H groups in total. The predicted octanol–water partition coefficient (Wildman–Crippen LogP) is 1.30. The molecule has 1 amide bonds. The minimum atomic E-state index is 0.0928. The van der Waals surface area contributed by atoms with Crippen LogP contribution in [0, 0.1) is 5.92 Å². The van der Waals surface area contributed by atoms with E-state index in [9.17, 15) is 4.79 Å². The molecule has 0 bridgehead atoms. The Bertz CT molecular complexity index is 397. The molecule has 1 saturated heterocycles. The molecular weight excluding hydrogens is 254 g/mol. The lowest BCUT2D eigenvalue weighted by Gasteiger charge is -2.35. The van der Waals surface area contributed by atoms with Gasteiger partial charge in [-0.1, -0.05) is 6.92 Å². The average molecular weight is 279 g/mol. The fourth-order valence-corrected chi connectivity index (χ4v) is 2.61. The monoisotopic (exact) mass is 279 g/mol. The van der Waals surface area contributed by atoms with Crippen molar-refractivity contribution in [2.75, 3.05) is 32.7 Å². The Labute approximate surface area is 120 Å². The Morgan fingerprint density at radius 1 is 1.40 bits per heavy atom. The minimum absolute atomic E-state index is 0.0928. The summed E-state index contributed by atoms with van der Waals surface area (Å²) >= 11 is 0. The maximum atomic E-state index is 12.3. The van der Waals surface area contributed by atoms with Crippen molar-refractivity contribution in [3.63, 3.8) is 0 Å². The Kier molecular flexibility index (Phi) is 5.61. The van der Waals surface area contributed by atoms with Crippen molar-refractivity contribution in [2.45, 2.75) is 26.3 Å². The van der Waals surface area contributed by atoms with Crippen LogP contribution in [0.2, 0.25) is 0 Å². The molecule has 1 atom stereocenters. The van der Waals surface area contributed by atoms with Crippen LogP contribution in [0.1, 0.15) is 25.5 Å². The van der Waals surface area contributed by atoms with E-state index in [4.69, 9.17) is 10.2 Å². The summed E-state index contributed by atoms with van der Waals surface area (Å²) in [4.78, 5) is 16.6. The van der Waals surface area contributed by atoms with Gasteiger partial charge in [-0.15, -0.1) is 0 Å². The van der Waals surface area contributed by atoms with Crippen LogP contribution in [0.3, 0.4) is 0 Å². The van der Waals surface area contributed by atoms with Crippen molar-refractivity contribution >= 4 is 5.91 Å². The van der Waals surface area contributed by atoms with Gasteiger partial charge in [-0.3, -0.25) is 9.69 Å². The number of hydrogen-bond acceptors (Lipinski definition) is 4. The molecule has 1 aliphatic rings. The van der Waals surface area contributed by atoms with E-state index in [2.05, 4.69) is 4.90 Å². The lowest BCUT2D eigenvalue weighted by molar-refractivity contribution is -0.137. The molecule has 0 saturated carbocycles. The number of amides is 1. The Balaban J connectivity index is 1.74. The fourth-order valence-electron chi connectivity index (χ4n) is 2.61. The van der Waals surface area contributed by atoms with Gasteiger partial charge in [0.25, 0.3) is 0 Å². The molecular formula is C15H25N3O2. The molecule has 1 fully saturated rings. The fraction of sp³-hybridized carbons (Fsp3) is 0.667. The van der Waals surface area contributed by atoms with Crippen LogP contribution in [-0.4, -0.2) is 48.4 Å². The Hall–Kier alpha value is -1.33. The quantitative estimate of drug-likeness (QED) is 0.852. The second kappa shape index (κ2) is 7.45. The number of rotatable bonds is 6. The third-order valence-electron chi connectivity index (χ3n) is 3.91. The van der Waals surface area contributed by atoms with Crippen LogP contribution in [-0.2, 0) is 11.3 Å². The second-order valence-electron chi connectivity index (χ2n) is 5.51. The summed E-state index contributed by atoms with van der Waals surface area (Å²) in [5.41, 5.74) is 5.50. The summed E-state index contributed by atoms with van der Waals surface area (Å²) in [5.74, 6) is 1.35. The molecule has 112 valence electrons. The lowest BCUT2D eigenvalue weighted by atomic mass is 10.0. The van der Waals surface area contributed by atoms with Gasteiger partial charge in [0.2, 0.25) is 5.91 Å². The summed E-state index contributed by atoms with van der Waals surface area (Å²) < 4.78 is 5.36. The highest BCUT2D eigenvalue weighted by molar-refractivity contribution is 5.78. The first-order valence-corrected chi connectivity index (χ1v) is 7.44. The Morgan fingerprint density at radius 2 is 2.15 bits per heavy atom. The first-order valence-electron chi connectivity index (χ1n) is 7.44. The van der Waals surface area contributed by atoms with Gasteiger partial charge >= 0.3 is 0 Å². The molecule has 2 rings (SSSR count). The Morgan fingerprint density at radius 3 is 2.75 bits per heavy atom. The van der Waals surface area contributed by atoms with Crippen LogP contribution in [0.15, 0.2) is 22.8 Å². The van der Waals surface area contributed by atoms with Gasteiger partial charge < -0.3 is 15.1 Å². The molecule has 2 heterocycles. The third-order valence-corrected chi connectivity index (χ3v) is 3.91. The highest BCUT2D eigenvalue weighted by Gasteiger charge is 2.24. The van der Waals surface area contributed by atoms with E-state index in [-0.39, 0.29) is 11.8 Å². The zero-order chi connectivity index (χ0) is 14.4. The number of nitrogens with zero attached hydrogens (tertiary/aromatic N) is 2. The van der Waals surface area contributed by atoms with Crippen molar-refractivity contribution < 1.29 is 9.21 Å². The highest BCUT2D eigenvalue weighted by Crippen LogP contribution is 2.13. The zero-order valence-electron chi connectivity index (χ0n) is 12.3. The molecule has 1 aliphatic heterocycles. The van der Waals surface area contributed by atoms with Gasteiger partial charge in [-0.05, 0) is 31.5 Å². The molecule has 1 aromatic rings. The highest BCUT2D eigenvalue weighted by atomic mass is 16.3. The molecule has 0 radical (unpaired) electrons. The van der Waals surface area contributed by atoms with Crippen LogP contribution >= 0.6 is 0 Å². The van der Waals surface area contributed by atoms with E-state index < -0.39 is 0 Å². The van der Waals surface area contributed by atoms with Gasteiger partial charge in [-0.25, -0.2) is 0 Å². The minimum Gasteiger partial charge on any atom is -0.468 e. The predicted molar refractivity (Wildman–Crippen MR) is 78.0 cm³/mol. The van der Waals surface area contributed by atoms with E-state index >= 15 is 0 Å². The first-order chi connectivity index (χ1) is 9.70. The molecule has 20 heavy (non-hydrogen) atoms. The largest absolute Gasteiger partial charge is 0.468 e. The molecule has 0 aromatic carbocycles. The molecule has 0 spiro atoms. The normalized spacial score (nSPS) is 18.2. The smallest absolute Gasteiger partial charge is 0.225 e. The van der Waals surface area contributed by atoms with Crippen LogP contribution in [0.4, 0.5) is 0 Å². The maximum Gasteiger partial charge on any atom is 0.225 e. The third kappa shape index (κ3) is 4.08. The number of furan rings is 1. The molecule has 0 aliphatic carbocycles. The van der Waals surface area contributed by atoms with E-state index in [0.29, 0.717) is 6.54 Å². The van der Waals surface area contributed by atoms with E-state index in [1.54, 1.807) is 6.26 Å². The number of carbonyl (C=O) groups excluding carboxylic acids is 1. The van der Waals surface area contributed by atoms with E-state index in [0.717, 1.165) is 51.3 Å². The zero-order valence-corrected chi connectivity index (χ0v) is 12.3. The summed E-state index contributed by atoms with van der Waals surface area (Å²) in [6.07, 6.45) is 3.52. The van der Waals surface area contributed by atoms with Gasteiger partial charge in [-0.2, -0.15) is 0 Å². The van der Waals surface area contributed by atoms with Crippen molar-refractivity contribution in [1.29, 1.82) is 0 Å². The van der Waals surface area contributed by atoms with E-state index in [1.165, 1.54) is 0 Å². The lowest BCUT2D eigenvalue weighted by Crippen LogP contribution is -2.49. The molecule has 1 unspecified atom stereocenters. The van der Waals surface area contributed by atoms with Crippen molar-refractivity contribution in [3.05, 3.63) is 24.2 Å². The van der Waals surface area contributed by atoms with Crippen molar-refractivity contribution in [2.24, 2.45) is 11.7 Å². The molecule has 1 aromatic heterocycles. The number of piperazine rings is 1. The van der Waals surface area contributed by atoms with Crippen molar-refractivity contribution in [1.82, 2.24) is 9.80 Å². The summed E-state index contributed by atoms with van der Waals surface area (Å²) in [6, 6.07) is 3.90. The summed E-state index contributed by atoms with van der Waals surface area (Å²) in [7, 11) is 0. The van der Waals surface area contributed by atoms with Crippen LogP contribution < -0.4 is 5.73 Å². The molecule has 5 nitrogen and oxygen atoms in total. The van der Waals surface area contributed by atoms with Crippen LogP contribution in [0.5, 0.6) is 0 Å². The topological polar surface area (TPSA) is 62.7 Å². The SMILES string of the molecule is CC(CCCN)C(=O)N1CCN(Cc2ccco2)CC1. The maximum absolute atomic E-state index is 12.3. The standard InChI is InChI=1S/C15H25N3O2/c1-13(4-2-6-16)15(19)18-9-7-17(8-10-18)12-14-5-3-11-20-14/h3,5,11,13H,2,4,6-10,12,16H2,1H3. The average Bonchev–Trinajstić information content (AvgIpc) is 2.97. The van der Waals surface area contributed by atoms with Crippen molar-refractivity contribution in [3.8, 4) is 0 Å². The van der Waals surface area contributed by atoms with Gasteiger partial charge in [0, 0.05) is 32.1 Å². The second-order valence-corrected chi connectivity index (χ2v) is 5.51. The van der Waals surface area contributed by atoms with Crippen LogP contribution in [0.25, 0.3) is 0 Å². The van der Waals surface area contributed by atoms with Gasteiger partial charge in [0.05, 0.1) is 12.8 Å². The number of carbonyl (C=O) groups is 1. The first kappa shape index (κ1) is 15.1. The number of hydrogen-bond donors (Lipinski definition) is 1. The summed E-state index contributed by atoms with van der Waals surface area (Å²) in [5, 5.41) is 0. The molecule has 5 heteroatoms. The van der Waals surface area contributed by atoms with Gasteiger partial charge in [0.15, 0.2) is 0 Å². The van der Waals surface area contributed by atoms with E-state index in [1.807, 2.05) is 24.0 Å².